The molecular weight excluding hydrogens is 316 g/mol. The van der Waals surface area contributed by atoms with E-state index < -0.39 is 0 Å². The Morgan fingerprint density at radius 1 is 1.30 bits per heavy atom. The number of methoxy groups -OCH3 is 2. The van der Waals surface area contributed by atoms with Gasteiger partial charge in [0.2, 0.25) is 0 Å². The largest absolute Gasteiger partial charge is 0.493 e. The fourth-order valence-electron chi connectivity index (χ4n) is 3.02. The first-order chi connectivity index (χ1) is 11.0. The van der Waals surface area contributed by atoms with Gasteiger partial charge in [-0.05, 0) is 25.7 Å². The lowest BCUT2D eigenvalue weighted by Crippen LogP contribution is -2.34. The second-order valence-electron chi connectivity index (χ2n) is 6.21. The van der Waals surface area contributed by atoms with Crippen molar-refractivity contribution in [2.45, 2.75) is 6.54 Å². The topological polar surface area (TPSA) is 34.2 Å². The molecule has 1 heterocycles. The van der Waals surface area contributed by atoms with Gasteiger partial charge in [0.05, 0.1) is 32.5 Å². The van der Waals surface area contributed by atoms with Crippen LogP contribution in [0, 0.1) is 5.92 Å². The lowest BCUT2D eigenvalue weighted by molar-refractivity contribution is 0.112. The summed E-state index contributed by atoms with van der Waals surface area (Å²) in [6, 6.07) is 3.92. The van der Waals surface area contributed by atoms with E-state index in [1.165, 1.54) is 0 Å². The molecule has 130 valence electrons. The van der Waals surface area contributed by atoms with Gasteiger partial charge in [0.1, 0.15) is 0 Å². The van der Waals surface area contributed by atoms with Crippen LogP contribution in [0.3, 0.4) is 0 Å². The molecule has 1 atom stereocenters. The quantitative estimate of drug-likeness (QED) is 0.793. The molecule has 0 unspecified atom stereocenters. The minimum absolute atomic E-state index is 0.506. The zero-order valence-electron chi connectivity index (χ0n) is 14.5. The zero-order valence-corrected chi connectivity index (χ0v) is 15.2. The highest BCUT2D eigenvalue weighted by Gasteiger charge is 2.21. The first-order valence-electron chi connectivity index (χ1n) is 7.89. The maximum atomic E-state index is 6.50. The van der Waals surface area contributed by atoms with Crippen molar-refractivity contribution in [3.63, 3.8) is 0 Å². The summed E-state index contributed by atoms with van der Waals surface area (Å²) < 4.78 is 16.4. The molecule has 0 spiro atoms. The van der Waals surface area contributed by atoms with Crippen molar-refractivity contribution in [1.29, 1.82) is 0 Å². The standard InChI is InChI=1S/C17H27ClN2O3/c1-19(2)9-13-10-20(7-8-23-12-13)11-14-5-6-15(21-3)17(22-4)16(14)18/h5-6,13H,7-12H2,1-4H3/t13-/m0/s1. The lowest BCUT2D eigenvalue weighted by atomic mass is 10.1. The van der Waals surface area contributed by atoms with E-state index in [1.54, 1.807) is 14.2 Å². The molecule has 5 nitrogen and oxygen atoms in total. The average Bonchev–Trinajstić information content (AvgIpc) is 2.73. The van der Waals surface area contributed by atoms with Gasteiger partial charge in [0.25, 0.3) is 0 Å². The third-order valence-electron chi connectivity index (χ3n) is 4.00. The van der Waals surface area contributed by atoms with Crippen LogP contribution in [0.1, 0.15) is 5.56 Å². The Morgan fingerprint density at radius 3 is 2.74 bits per heavy atom. The Bertz CT molecular complexity index is 511. The number of rotatable bonds is 6. The normalized spacial score (nSPS) is 19.7. The Morgan fingerprint density at radius 2 is 2.09 bits per heavy atom. The predicted octanol–water partition coefficient (Wildman–Crippen LogP) is 2.37. The molecule has 0 radical (unpaired) electrons. The van der Waals surface area contributed by atoms with Gasteiger partial charge in [0, 0.05) is 32.1 Å². The summed E-state index contributed by atoms with van der Waals surface area (Å²) in [6.45, 7) is 5.29. The highest BCUT2D eigenvalue weighted by atomic mass is 35.5. The third kappa shape index (κ3) is 4.98. The summed E-state index contributed by atoms with van der Waals surface area (Å²) in [5.74, 6) is 1.76. The number of hydrogen-bond acceptors (Lipinski definition) is 5. The van der Waals surface area contributed by atoms with Gasteiger partial charge in [-0.2, -0.15) is 0 Å². The van der Waals surface area contributed by atoms with Crippen LogP contribution in [-0.2, 0) is 11.3 Å². The SMILES string of the molecule is COc1ccc(CN2CCOC[C@@H](CN(C)C)C2)c(Cl)c1OC. The molecule has 1 aliphatic heterocycles. The van der Waals surface area contributed by atoms with Crippen molar-refractivity contribution in [3.05, 3.63) is 22.7 Å². The van der Waals surface area contributed by atoms with Crippen molar-refractivity contribution in [3.8, 4) is 11.5 Å². The summed E-state index contributed by atoms with van der Waals surface area (Å²) in [5, 5.41) is 0.626. The van der Waals surface area contributed by atoms with Gasteiger partial charge in [0.15, 0.2) is 11.5 Å². The first kappa shape index (κ1) is 18.3. The second-order valence-corrected chi connectivity index (χ2v) is 6.59. The Hall–Kier alpha value is -1.01. The molecule has 23 heavy (non-hydrogen) atoms. The summed E-state index contributed by atoms with van der Waals surface area (Å²) in [6.07, 6.45) is 0. The summed E-state index contributed by atoms with van der Waals surface area (Å²) in [7, 11) is 7.42. The maximum absolute atomic E-state index is 6.50. The van der Waals surface area contributed by atoms with Crippen molar-refractivity contribution >= 4 is 11.6 Å². The van der Waals surface area contributed by atoms with E-state index in [0.717, 1.165) is 45.0 Å². The molecule has 1 aromatic carbocycles. The van der Waals surface area contributed by atoms with E-state index in [2.05, 4.69) is 23.9 Å². The van der Waals surface area contributed by atoms with Gasteiger partial charge in [-0.25, -0.2) is 0 Å². The fraction of sp³-hybridized carbons (Fsp3) is 0.647. The van der Waals surface area contributed by atoms with Crippen LogP contribution in [0.2, 0.25) is 5.02 Å². The summed E-state index contributed by atoms with van der Waals surface area (Å²) in [4.78, 5) is 4.61. The minimum Gasteiger partial charge on any atom is -0.493 e. The van der Waals surface area contributed by atoms with Gasteiger partial charge < -0.3 is 19.1 Å². The van der Waals surface area contributed by atoms with Crippen molar-refractivity contribution in [2.24, 2.45) is 5.92 Å². The molecule has 0 aromatic heterocycles. The van der Waals surface area contributed by atoms with E-state index in [1.807, 2.05) is 12.1 Å². The molecule has 0 aliphatic carbocycles. The first-order valence-corrected chi connectivity index (χ1v) is 8.27. The van der Waals surface area contributed by atoms with Gasteiger partial charge >= 0.3 is 0 Å². The minimum atomic E-state index is 0.506. The lowest BCUT2D eigenvalue weighted by Gasteiger charge is -2.26. The molecular formula is C17H27ClN2O3. The Labute approximate surface area is 144 Å². The molecule has 1 saturated heterocycles. The molecule has 1 aliphatic rings. The van der Waals surface area contributed by atoms with Crippen LogP contribution in [0.25, 0.3) is 0 Å². The molecule has 6 heteroatoms. The number of benzene rings is 1. The van der Waals surface area contributed by atoms with Gasteiger partial charge in [-0.3, -0.25) is 4.90 Å². The molecule has 0 bridgehead atoms. The second kappa shape index (κ2) is 8.73. The maximum Gasteiger partial charge on any atom is 0.179 e. The highest BCUT2D eigenvalue weighted by Crippen LogP contribution is 2.37. The van der Waals surface area contributed by atoms with Crippen LogP contribution >= 0.6 is 11.6 Å². The molecule has 1 aromatic rings. The molecule has 0 N–H and O–H groups in total. The van der Waals surface area contributed by atoms with Crippen LogP contribution in [0.4, 0.5) is 0 Å². The highest BCUT2D eigenvalue weighted by molar-refractivity contribution is 6.33. The van der Waals surface area contributed by atoms with Crippen LogP contribution < -0.4 is 9.47 Å². The zero-order chi connectivity index (χ0) is 16.8. The van der Waals surface area contributed by atoms with Crippen molar-refractivity contribution in [2.75, 3.05) is 61.2 Å². The number of nitrogens with zero attached hydrogens (tertiary/aromatic N) is 2. The predicted molar refractivity (Wildman–Crippen MR) is 92.7 cm³/mol. The van der Waals surface area contributed by atoms with E-state index >= 15 is 0 Å². The van der Waals surface area contributed by atoms with Crippen LogP contribution in [0.5, 0.6) is 11.5 Å². The summed E-state index contributed by atoms with van der Waals surface area (Å²) in [5.41, 5.74) is 1.05. The monoisotopic (exact) mass is 342 g/mol. The van der Waals surface area contributed by atoms with Gasteiger partial charge in [-0.1, -0.05) is 17.7 Å². The molecule has 1 fully saturated rings. The number of ether oxygens (including phenoxy) is 3. The number of halogens is 1. The Balaban J connectivity index is 2.11. The van der Waals surface area contributed by atoms with E-state index in [4.69, 9.17) is 25.8 Å². The molecule has 0 saturated carbocycles. The van der Waals surface area contributed by atoms with Crippen molar-refractivity contribution in [1.82, 2.24) is 9.80 Å². The Kier molecular flexibility index (Phi) is 6.96. The average molecular weight is 343 g/mol. The van der Waals surface area contributed by atoms with Crippen LogP contribution in [0.15, 0.2) is 12.1 Å². The number of hydrogen-bond donors (Lipinski definition) is 0. The van der Waals surface area contributed by atoms with Gasteiger partial charge in [-0.15, -0.1) is 0 Å². The summed E-state index contributed by atoms with van der Waals surface area (Å²) >= 11 is 6.50. The van der Waals surface area contributed by atoms with Crippen molar-refractivity contribution < 1.29 is 14.2 Å². The van der Waals surface area contributed by atoms with E-state index in [9.17, 15) is 0 Å². The van der Waals surface area contributed by atoms with E-state index in [0.29, 0.717) is 22.4 Å². The fourth-order valence-corrected chi connectivity index (χ4v) is 3.31. The van der Waals surface area contributed by atoms with Crippen LogP contribution in [-0.4, -0.2) is 71.0 Å². The molecule has 2 rings (SSSR count). The van der Waals surface area contributed by atoms with E-state index in [-0.39, 0.29) is 0 Å². The molecule has 0 amide bonds. The smallest absolute Gasteiger partial charge is 0.179 e. The third-order valence-corrected chi connectivity index (χ3v) is 4.42.